The summed E-state index contributed by atoms with van der Waals surface area (Å²) >= 11 is 0. The number of likely N-dealkylation sites (tertiary alicyclic amines) is 1. The van der Waals surface area contributed by atoms with Crippen LogP contribution in [0.3, 0.4) is 0 Å². The highest BCUT2D eigenvalue weighted by Gasteiger charge is 2.57. The number of piperidine rings is 1. The van der Waals surface area contributed by atoms with Crippen LogP contribution in [0.2, 0.25) is 0 Å². The first-order chi connectivity index (χ1) is 21.4. The van der Waals surface area contributed by atoms with Crippen molar-refractivity contribution < 1.29 is 37.8 Å². The topological polar surface area (TPSA) is 91.4 Å². The maximum absolute atomic E-state index is 14.4. The van der Waals surface area contributed by atoms with E-state index in [9.17, 15) is 14.4 Å². The average molecular weight is 606 g/mol. The molecule has 236 valence electrons. The molecule has 4 aliphatic rings. The molecular weight excluding hydrogens is 560 g/mol. The Labute approximate surface area is 260 Å². The molecule has 0 N–H and O–H groups in total. The van der Waals surface area contributed by atoms with Crippen LogP contribution in [-0.2, 0) is 38.9 Å². The number of likely N-dealkylation sites (N-methyl/N-ethyl adjacent to an activating group) is 1. The first kappa shape index (κ1) is 30.7. The van der Waals surface area contributed by atoms with E-state index in [-0.39, 0.29) is 25.0 Å². The molecule has 2 aromatic carbocycles. The minimum atomic E-state index is -1.63. The van der Waals surface area contributed by atoms with Gasteiger partial charge >= 0.3 is 17.9 Å². The average Bonchev–Trinajstić information content (AvgIpc) is 3.73. The van der Waals surface area contributed by atoms with Gasteiger partial charge in [0, 0.05) is 51.6 Å². The van der Waals surface area contributed by atoms with Crippen LogP contribution in [0.5, 0.6) is 0 Å². The van der Waals surface area contributed by atoms with Gasteiger partial charge in [0.15, 0.2) is 6.79 Å². The highest BCUT2D eigenvalue weighted by molar-refractivity contribution is 5.86. The van der Waals surface area contributed by atoms with Crippen molar-refractivity contribution in [2.45, 2.75) is 87.7 Å². The van der Waals surface area contributed by atoms with Crippen molar-refractivity contribution >= 4 is 17.9 Å². The Balaban J connectivity index is 1.14. The lowest BCUT2D eigenvalue weighted by Crippen LogP contribution is -2.60. The summed E-state index contributed by atoms with van der Waals surface area (Å²) < 4.78 is 24.8. The molecule has 0 aliphatic carbocycles. The number of carbonyl (C=O) groups excluding carboxylic acids is 3. The molecule has 6 rings (SSSR count). The Morgan fingerprint density at radius 2 is 1.39 bits per heavy atom. The molecule has 9 nitrogen and oxygen atoms in total. The molecule has 2 unspecified atom stereocenters. The van der Waals surface area contributed by atoms with Gasteiger partial charge < -0.3 is 28.3 Å². The van der Waals surface area contributed by atoms with Crippen molar-refractivity contribution in [3.05, 3.63) is 71.8 Å². The number of quaternary nitrogens is 1. The minimum absolute atomic E-state index is 0.0758. The van der Waals surface area contributed by atoms with Gasteiger partial charge in [-0.05, 0) is 24.6 Å². The van der Waals surface area contributed by atoms with E-state index in [1.165, 1.54) is 43.3 Å². The second-order valence-electron chi connectivity index (χ2n) is 13.0. The summed E-state index contributed by atoms with van der Waals surface area (Å²) in [5, 5.41) is 0. The predicted molar refractivity (Wildman–Crippen MR) is 162 cm³/mol. The molecule has 3 atom stereocenters. The van der Waals surface area contributed by atoms with Crippen molar-refractivity contribution in [2.75, 3.05) is 40.0 Å². The smallest absolute Gasteiger partial charge is 0.348 e. The summed E-state index contributed by atoms with van der Waals surface area (Å²) in [6.45, 7) is 3.60. The van der Waals surface area contributed by atoms with Gasteiger partial charge in [-0.3, -0.25) is 9.59 Å². The second-order valence-corrected chi connectivity index (χ2v) is 13.0. The van der Waals surface area contributed by atoms with Gasteiger partial charge in [-0.2, -0.15) is 0 Å². The zero-order chi connectivity index (χ0) is 30.6. The molecule has 4 saturated heterocycles. The molecule has 0 amide bonds. The van der Waals surface area contributed by atoms with Crippen molar-refractivity contribution in [2.24, 2.45) is 0 Å². The minimum Gasteiger partial charge on any atom is -0.461 e. The second kappa shape index (κ2) is 13.4. The van der Waals surface area contributed by atoms with Gasteiger partial charge in [0.2, 0.25) is 5.60 Å². The van der Waals surface area contributed by atoms with Gasteiger partial charge in [0.05, 0.1) is 38.0 Å². The van der Waals surface area contributed by atoms with Crippen LogP contribution < -0.4 is 0 Å². The van der Waals surface area contributed by atoms with Gasteiger partial charge in [-0.15, -0.1) is 0 Å². The SMILES string of the molecule is CN1CC[C@H](OC(=O)CCC(=O)OCOC(C(=O)OC2CC3CCC(C2)[N+]32CCCC2)(c2ccccc2)c2ccccc2)C1. The van der Waals surface area contributed by atoms with E-state index in [1.54, 1.807) is 0 Å². The van der Waals surface area contributed by atoms with Gasteiger partial charge in [-0.25, -0.2) is 4.79 Å². The van der Waals surface area contributed by atoms with Crippen molar-refractivity contribution in [3.63, 3.8) is 0 Å². The highest BCUT2D eigenvalue weighted by atomic mass is 16.7. The maximum Gasteiger partial charge on any atom is 0.348 e. The first-order valence-corrected chi connectivity index (χ1v) is 16.3. The lowest BCUT2D eigenvalue weighted by molar-refractivity contribution is -0.956. The largest absolute Gasteiger partial charge is 0.461 e. The van der Waals surface area contributed by atoms with E-state index in [2.05, 4.69) is 4.90 Å². The Hall–Kier alpha value is -3.27. The highest BCUT2D eigenvalue weighted by Crippen LogP contribution is 2.47. The Kier molecular flexibility index (Phi) is 9.35. The molecule has 2 bridgehead atoms. The molecule has 4 heterocycles. The molecule has 1 spiro atoms. The van der Waals surface area contributed by atoms with E-state index >= 15 is 0 Å². The van der Waals surface area contributed by atoms with Crippen LogP contribution in [-0.4, -0.2) is 91.6 Å². The first-order valence-electron chi connectivity index (χ1n) is 16.3. The summed E-state index contributed by atoms with van der Waals surface area (Å²) in [7, 11) is 1.98. The fourth-order valence-corrected chi connectivity index (χ4v) is 8.21. The molecular formula is C35H45N2O7+. The maximum atomic E-state index is 14.4. The fraction of sp³-hybridized carbons (Fsp3) is 0.571. The van der Waals surface area contributed by atoms with E-state index < -0.39 is 30.3 Å². The lowest BCUT2D eigenvalue weighted by Gasteiger charge is -2.47. The van der Waals surface area contributed by atoms with Crippen LogP contribution in [0.25, 0.3) is 0 Å². The van der Waals surface area contributed by atoms with E-state index in [0.717, 1.165) is 25.8 Å². The number of rotatable bonds is 11. The van der Waals surface area contributed by atoms with Crippen molar-refractivity contribution in [1.29, 1.82) is 0 Å². The summed E-state index contributed by atoms with van der Waals surface area (Å²) in [5.74, 6) is -1.53. The Morgan fingerprint density at radius 3 is 1.95 bits per heavy atom. The standard InChI is InChI=1S/C35H45N2O7/c1-36-19-18-30(24-36)43-33(39)17-16-32(38)41-25-42-35(26-10-4-2-5-11-26,27-12-6-3-7-13-27)34(40)44-31-22-28-14-15-29(23-31)37(28)20-8-9-21-37/h2-7,10-13,28-31H,8-9,14-25H2,1H3/q+1/t28?,29?,30-,31?/m0/s1. The van der Waals surface area contributed by atoms with Crippen LogP contribution in [0.1, 0.15) is 68.9 Å². The summed E-state index contributed by atoms with van der Waals surface area (Å²) in [6, 6.07) is 19.6. The van der Waals surface area contributed by atoms with E-state index in [1.807, 2.05) is 67.7 Å². The normalized spacial score (nSPS) is 26.0. The Bertz CT molecular complexity index is 1240. The van der Waals surface area contributed by atoms with Gasteiger partial charge in [0.1, 0.15) is 12.2 Å². The number of benzene rings is 2. The number of carbonyl (C=O) groups is 3. The zero-order valence-corrected chi connectivity index (χ0v) is 25.7. The number of hydrogen-bond acceptors (Lipinski definition) is 8. The molecule has 9 heteroatoms. The summed E-state index contributed by atoms with van der Waals surface area (Å²) in [6.07, 6.45) is 6.94. The van der Waals surface area contributed by atoms with Crippen LogP contribution >= 0.6 is 0 Å². The zero-order valence-electron chi connectivity index (χ0n) is 25.7. The summed E-state index contributed by atoms with van der Waals surface area (Å²) in [5.41, 5.74) is -0.439. The quantitative estimate of drug-likeness (QED) is 0.162. The van der Waals surface area contributed by atoms with E-state index in [4.69, 9.17) is 18.9 Å². The lowest BCUT2D eigenvalue weighted by atomic mass is 9.85. The molecule has 0 aromatic heterocycles. The van der Waals surface area contributed by atoms with Crippen molar-refractivity contribution in [1.82, 2.24) is 4.90 Å². The third-order valence-corrected chi connectivity index (χ3v) is 10.4. The number of ether oxygens (including phenoxy) is 4. The number of esters is 3. The van der Waals surface area contributed by atoms with Gasteiger partial charge in [-0.1, -0.05) is 60.7 Å². The predicted octanol–water partition coefficient (Wildman–Crippen LogP) is 4.32. The number of nitrogens with zero attached hydrogens (tertiary/aromatic N) is 2. The van der Waals surface area contributed by atoms with Gasteiger partial charge in [0.25, 0.3) is 0 Å². The molecule has 4 fully saturated rings. The molecule has 4 aliphatic heterocycles. The molecule has 0 radical (unpaired) electrons. The third kappa shape index (κ3) is 6.28. The van der Waals surface area contributed by atoms with E-state index in [0.29, 0.717) is 29.8 Å². The molecule has 0 saturated carbocycles. The molecule has 44 heavy (non-hydrogen) atoms. The third-order valence-electron chi connectivity index (χ3n) is 10.4. The van der Waals surface area contributed by atoms with Crippen molar-refractivity contribution in [3.8, 4) is 0 Å². The fourth-order valence-electron chi connectivity index (χ4n) is 8.21. The Morgan fingerprint density at radius 1 is 0.795 bits per heavy atom. The van der Waals surface area contributed by atoms with Crippen LogP contribution in [0.15, 0.2) is 60.7 Å². The monoisotopic (exact) mass is 605 g/mol. The van der Waals surface area contributed by atoms with Crippen LogP contribution in [0, 0.1) is 0 Å². The number of hydrogen-bond donors (Lipinski definition) is 0. The molecule has 2 aromatic rings. The van der Waals surface area contributed by atoms with Crippen LogP contribution in [0.4, 0.5) is 0 Å². The summed E-state index contributed by atoms with van der Waals surface area (Å²) in [4.78, 5) is 41.4.